The molecule has 5 nitrogen and oxygen atoms in total. The van der Waals surface area contributed by atoms with E-state index in [1.54, 1.807) is 0 Å². The third kappa shape index (κ3) is 5.57. The maximum atomic E-state index is 11.0. The maximum Gasteiger partial charge on any atom is 0.325 e. The fourth-order valence-electron chi connectivity index (χ4n) is 0.827. The van der Waals surface area contributed by atoms with E-state index in [-0.39, 0.29) is 6.61 Å². The van der Waals surface area contributed by atoms with Crippen LogP contribution in [0.4, 0.5) is 0 Å². The molecule has 5 heteroatoms. The fourth-order valence-corrected chi connectivity index (χ4v) is 0.827. The molecule has 0 aliphatic carbocycles. The Hall–Kier alpha value is -0.650. The second kappa shape index (κ2) is 6.82. The molecule has 0 aliphatic heterocycles. The van der Waals surface area contributed by atoms with Gasteiger partial charge in [0.15, 0.2) is 0 Å². The van der Waals surface area contributed by atoms with Gasteiger partial charge in [0.05, 0.1) is 13.7 Å². The Kier molecular flexibility index (Phi) is 6.48. The van der Waals surface area contributed by atoms with Crippen molar-refractivity contribution < 1.29 is 14.6 Å². The second-order valence-corrected chi connectivity index (χ2v) is 3.02. The van der Waals surface area contributed by atoms with Crippen LogP contribution in [0.25, 0.3) is 0 Å². The summed E-state index contributed by atoms with van der Waals surface area (Å²) in [6.45, 7) is 1.22. The van der Waals surface area contributed by atoms with Crippen LogP contribution in [0.5, 0.6) is 0 Å². The van der Waals surface area contributed by atoms with Crippen molar-refractivity contribution in [1.82, 2.24) is 10.2 Å². The number of likely N-dealkylation sites (N-methyl/N-ethyl adjacent to an activating group) is 1. The molecule has 0 aromatic heterocycles. The Labute approximate surface area is 78.7 Å². The van der Waals surface area contributed by atoms with Crippen LogP contribution in [0.1, 0.15) is 0 Å². The average Bonchev–Trinajstić information content (AvgIpc) is 2.11. The average molecular weight is 190 g/mol. The van der Waals surface area contributed by atoms with E-state index in [1.165, 1.54) is 7.11 Å². The van der Waals surface area contributed by atoms with Crippen molar-refractivity contribution in [2.75, 3.05) is 40.9 Å². The minimum atomic E-state index is -0.607. The number of aliphatic hydroxyl groups excluding tert-OH is 1. The molecule has 0 fully saturated rings. The predicted molar refractivity (Wildman–Crippen MR) is 49.4 cm³/mol. The highest BCUT2D eigenvalue weighted by Gasteiger charge is 2.16. The lowest BCUT2D eigenvalue weighted by atomic mass is 10.3. The van der Waals surface area contributed by atoms with Gasteiger partial charge in [-0.2, -0.15) is 0 Å². The summed E-state index contributed by atoms with van der Waals surface area (Å²) >= 11 is 0. The maximum absolute atomic E-state index is 11.0. The Balaban J connectivity index is 3.66. The number of methoxy groups -OCH3 is 1. The first-order chi connectivity index (χ1) is 6.11. The highest BCUT2D eigenvalue weighted by molar-refractivity contribution is 5.75. The molecule has 0 spiro atoms. The second-order valence-electron chi connectivity index (χ2n) is 3.02. The lowest BCUT2D eigenvalue weighted by molar-refractivity contribution is -0.144. The van der Waals surface area contributed by atoms with Crippen LogP contribution >= 0.6 is 0 Å². The van der Waals surface area contributed by atoms with E-state index in [1.807, 2.05) is 19.0 Å². The van der Waals surface area contributed by atoms with Crippen LogP contribution in [0, 0.1) is 0 Å². The van der Waals surface area contributed by atoms with Crippen LogP contribution in [0.2, 0.25) is 0 Å². The number of esters is 1. The lowest BCUT2D eigenvalue weighted by Gasteiger charge is -2.15. The summed E-state index contributed by atoms with van der Waals surface area (Å²) in [5.41, 5.74) is 0. The number of aliphatic hydroxyl groups is 1. The number of nitrogens with zero attached hydrogens (tertiary/aromatic N) is 1. The van der Waals surface area contributed by atoms with Crippen LogP contribution in [-0.4, -0.2) is 62.9 Å². The number of ether oxygens (including phenoxy) is 1. The van der Waals surface area contributed by atoms with Crippen molar-refractivity contribution >= 4 is 5.97 Å². The minimum Gasteiger partial charge on any atom is -0.468 e. The van der Waals surface area contributed by atoms with Crippen LogP contribution in [0.15, 0.2) is 0 Å². The van der Waals surface area contributed by atoms with Gasteiger partial charge in [-0.1, -0.05) is 0 Å². The Morgan fingerprint density at radius 1 is 1.62 bits per heavy atom. The molecule has 0 rings (SSSR count). The molecule has 0 aromatic rings. The van der Waals surface area contributed by atoms with Crippen molar-refractivity contribution in [2.24, 2.45) is 0 Å². The van der Waals surface area contributed by atoms with E-state index in [0.29, 0.717) is 6.54 Å². The largest absolute Gasteiger partial charge is 0.468 e. The summed E-state index contributed by atoms with van der Waals surface area (Å²) in [6.07, 6.45) is 0. The van der Waals surface area contributed by atoms with Crippen molar-refractivity contribution in [3.8, 4) is 0 Å². The predicted octanol–water partition coefficient (Wildman–Crippen LogP) is -1.33. The van der Waals surface area contributed by atoms with Gasteiger partial charge in [-0.25, -0.2) is 0 Å². The monoisotopic (exact) mass is 190 g/mol. The molecule has 1 atom stereocenters. The highest BCUT2D eigenvalue weighted by Crippen LogP contribution is 1.86. The summed E-state index contributed by atoms with van der Waals surface area (Å²) in [7, 11) is 5.18. The SMILES string of the molecule is COC(=O)C(CO)NCCN(C)C. The zero-order valence-electron chi connectivity index (χ0n) is 8.41. The number of carbonyl (C=O) groups excluding carboxylic acids is 1. The summed E-state index contributed by atoms with van der Waals surface area (Å²) < 4.78 is 4.49. The van der Waals surface area contributed by atoms with Crippen LogP contribution in [0.3, 0.4) is 0 Å². The minimum absolute atomic E-state index is 0.236. The van der Waals surface area contributed by atoms with Gasteiger partial charge in [0, 0.05) is 13.1 Å². The van der Waals surface area contributed by atoms with Gasteiger partial charge in [-0.3, -0.25) is 4.79 Å². The quantitative estimate of drug-likeness (QED) is 0.508. The first-order valence-corrected chi connectivity index (χ1v) is 4.18. The van der Waals surface area contributed by atoms with E-state index in [9.17, 15) is 4.79 Å². The molecule has 0 aliphatic rings. The molecule has 0 saturated carbocycles. The Morgan fingerprint density at radius 3 is 2.62 bits per heavy atom. The molecule has 0 radical (unpaired) electrons. The molecule has 13 heavy (non-hydrogen) atoms. The van der Waals surface area contributed by atoms with Gasteiger partial charge >= 0.3 is 5.97 Å². The van der Waals surface area contributed by atoms with E-state index in [0.717, 1.165) is 6.54 Å². The van der Waals surface area contributed by atoms with Gasteiger partial charge in [-0.15, -0.1) is 0 Å². The zero-order chi connectivity index (χ0) is 10.3. The van der Waals surface area contributed by atoms with Crippen molar-refractivity contribution in [3.63, 3.8) is 0 Å². The highest BCUT2D eigenvalue weighted by atomic mass is 16.5. The fraction of sp³-hybridized carbons (Fsp3) is 0.875. The molecule has 0 amide bonds. The molecule has 0 aromatic carbocycles. The number of hydrogen-bond acceptors (Lipinski definition) is 5. The van der Waals surface area contributed by atoms with Gasteiger partial charge in [0.2, 0.25) is 0 Å². The molecule has 2 N–H and O–H groups in total. The number of carbonyl (C=O) groups is 1. The molecular weight excluding hydrogens is 172 g/mol. The molecule has 78 valence electrons. The number of nitrogens with one attached hydrogen (secondary N) is 1. The first-order valence-electron chi connectivity index (χ1n) is 4.18. The van der Waals surface area contributed by atoms with E-state index < -0.39 is 12.0 Å². The molecule has 1 unspecified atom stereocenters. The molecule has 0 heterocycles. The van der Waals surface area contributed by atoms with Crippen molar-refractivity contribution in [3.05, 3.63) is 0 Å². The Morgan fingerprint density at radius 2 is 2.23 bits per heavy atom. The number of rotatable bonds is 6. The first kappa shape index (κ1) is 12.3. The molecular formula is C8H18N2O3. The summed E-state index contributed by atoms with van der Waals surface area (Å²) in [5, 5.41) is 11.7. The zero-order valence-corrected chi connectivity index (χ0v) is 8.41. The van der Waals surface area contributed by atoms with Crippen molar-refractivity contribution in [1.29, 1.82) is 0 Å². The van der Waals surface area contributed by atoms with Gasteiger partial charge in [-0.05, 0) is 14.1 Å². The molecule has 0 bridgehead atoms. The number of hydrogen-bond donors (Lipinski definition) is 2. The summed E-state index contributed by atoms with van der Waals surface area (Å²) in [4.78, 5) is 12.9. The standard InChI is InChI=1S/C8H18N2O3/c1-10(2)5-4-9-7(6-11)8(12)13-3/h7,9,11H,4-6H2,1-3H3. The van der Waals surface area contributed by atoms with E-state index in [4.69, 9.17) is 5.11 Å². The Bertz CT molecular complexity index is 150. The van der Waals surface area contributed by atoms with Gasteiger partial charge in [0.25, 0.3) is 0 Å². The van der Waals surface area contributed by atoms with Crippen LogP contribution < -0.4 is 5.32 Å². The third-order valence-electron chi connectivity index (χ3n) is 1.62. The smallest absolute Gasteiger partial charge is 0.325 e. The third-order valence-corrected chi connectivity index (χ3v) is 1.62. The summed E-state index contributed by atoms with van der Waals surface area (Å²) in [5.74, 6) is -0.429. The topological polar surface area (TPSA) is 61.8 Å². The van der Waals surface area contributed by atoms with E-state index >= 15 is 0 Å². The normalized spacial score (nSPS) is 13.0. The van der Waals surface area contributed by atoms with E-state index in [2.05, 4.69) is 10.1 Å². The molecule has 0 saturated heterocycles. The van der Waals surface area contributed by atoms with Gasteiger partial charge < -0.3 is 20.1 Å². The summed E-state index contributed by atoms with van der Waals surface area (Å²) in [6, 6.07) is -0.607. The van der Waals surface area contributed by atoms with Crippen molar-refractivity contribution in [2.45, 2.75) is 6.04 Å². The lowest BCUT2D eigenvalue weighted by Crippen LogP contribution is -2.43. The van der Waals surface area contributed by atoms with Gasteiger partial charge in [0.1, 0.15) is 6.04 Å². The van der Waals surface area contributed by atoms with Crippen LogP contribution in [-0.2, 0) is 9.53 Å².